The third kappa shape index (κ3) is 3.75. The topological polar surface area (TPSA) is 59.2 Å². The number of hydrogen-bond donors (Lipinski definition) is 1. The van der Waals surface area contributed by atoms with Gasteiger partial charge < -0.3 is 10.6 Å². The Kier molecular flexibility index (Phi) is 5.34. The van der Waals surface area contributed by atoms with E-state index in [4.69, 9.17) is 5.73 Å². The van der Waals surface area contributed by atoms with Crippen molar-refractivity contribution in [1.29, 1.82) is 0 Å². The molecule has 1 aliphatic rings. The Bertz CT molecular complexity index is 972. The van der Waals surface area contributed by atoms with Gasteiger partial charge in [0.15, 0.2) is 0 Å². The lowest BCUT2D eigenvalue weighted by Gasteiger charge is -2.35. The molecule has 2 heterocycles. The molecule has 0 spiro atoms. The fraction of sp³-hybridized carbons (Fsp3) is 0.280. The number of carbonyl (C=O) groups is 1. The van der Waals surface area contributed by atoms with Gasteiger partial charge in [0, 0.05) is 42.5 Å². The molecule has 0 bridgehead atoms. The van der Waals surface area contributed by atoms with Gasteiger partial charge in [-0.05, 0) is 48.9 Å². The van der Waals surface area contributed by atoms with Crippen LogP contribution in [-0.4, -0.2) is 24.0 Å². The number of amides is 1. The van der Waals surface area contributed by atoms with Crippen LogP contribution >= 0.6 is 0 Å². The van der Waals surface area contributed by atoms with Gasteiger partial charge in [-0.2, -0.15) is 0 Å². The highest BCUT2D eigenvalue weighted by molar-refractivity contribution is 5.92. The van der Waals surface area contributed by atoms with Crippen LogP contribution in [0.3, 0.4) is 0 Å². The van der Waals surface area contributed by atoms with Crippen LogP contribution < -0.4 is 10.6 Å². The van der Waals surface area contributed by atoms with Crippen molar-refractivity contribution >= 4 is 11.6 Å². The summed E-state index contributed by atoms with van der Waals surface area (Å²) in [5.41, 5.74) is 13.9. The summed E-state index contributed by atoms with van der Waals surface area (Å²) in [6, 6.07) is 16.9. The van der Waals surface area contributed by atoms with Gasteiger partial charge in [0.25, 0.3) is 0 Å². The molecule has 1 fully saturated rings. The predicted octanol–water partition coefficient (Wildman–Crippen LogP) is 4.73. The third-order valence-corrected chi connectivity index (χ3v) is 6.00. The Morgan fingerprint density at radius 3 is 1.79 bits per heavy atom. The average Bonchev–Trinajstić information content (AvgIpc) is 2.74. The summed E-state index contributed by atoms with van der Waals surface area (Å²) in [5.74, 6) is -0.213. The van der Waals surface area contributed by atoms with Crippen molar-refractivity contribution in [3.8, 4) is 22.3 Å². The Labute approximate surface area is 172 Å². The normalized spacial score (nSPS) is 14.8. The van der Waals surface area contributed by atoms with Crippen LogP contribution in [0.4, 0.5) is 5.69 Å². The highest BCUT2D eigenvalue weighted by Gasteiger charge is 2.27. The zero-order valence-electron chi connectivity index (χ0n) is 17.1. The first-order chi connectivity index (χ1) is 14.1. The van der Waals surface area contributed by atoms with E-state index in [1.165, 1.54) is 27.9 Å². The average molecular weight is 386 g/mol. The van der Waals surface area contributed by atoms with Crippen molar-refractivity contribution in [2.45, 2.75) is 26.7 Å². The number of rotatable bonds is 4. The van der Waals surface area contributed by atoms with E-state index >= 15 is 0 Å². The van der Waals surface area contributed by atoms with E-state index in [1.807, 2.05) is 12.4 Å². The van der Waals surface area contributed by atoms with Crippen LogP contribution in [0.2, 0.25) is 0 Å². The summed E-state index contributed by atoms with van der Waals surface area (Å²) >= 11 is 0. The molecule has 4 nitrogen and oxygen atoms in total. The van der Waals surface area contributed by atoms with Crippen molar-refractivity contribution < 1.29 is 4.79 Å². The second kappa shape index (κ2) is 8.08. The molecule has 3 aromatic rings. The summed E-state index contributed by atoms with van der Waals surface area (Å²) in [4.78, 5) is 18.7. The number of aryl methyl sites for hydroxylation is 2. The number of carbonyl (C=O) groups excluding carboxylic acids is 1. The van der Waals surface area contributed by atoms with Crippen molar-refractivity contribution in [2.75, 3.05) is 18.0 Å². The quantitative estimate of drug-likeness (QED) is 0.706. The van der Waals surface area contributed by atoms with Crippen LogP contribution in [0.15, 0.2) is 60.9 Å². The van der Waals surface area contributed by atoms with Gasteiger partial charge >= 0.3 is 0 Å². The molecule has 1 aliphatic heterocycles. The second-order valence-electron chi connectivity index (χ2n) is 7.88. The largest absolute Gasteiger partial charge is 0.370 e. The standard InChI is InChI=1S/C25H27N3O/c1-17-7-3-5-9-20(17)22-15-27-16-23(21-10-6-4-8-18(21)2)24(22)28-13-11-19(12-14-28)25(26)29/h3-10,15-16,19H,11-14H2,1-2H3,(H2,26,29). The fourth-order valence-corrected chi connectivity index (χ4v) is 4.33. The molecule has 148 valence electrons. The Morgan fingerprint density at radius 1 is 0.862 bits per heavy atom. The van der Waals surface area contributed by atoms with Gasteiger partial charge in [-0.25, -0.2) is 0 Å². The monoisotopic (exact) mass is 385 g/mol. The van der Waals surface area contributed by atoms with Crippen molar-refractivity contribution in [1.82, 2.24) is 4.98 Å². The van der Waals surface area contributed by atoms with E-state index in [9.17, 15) is 4.79 Å². The molecule has 0 aliphatic carbocycles. The highest BCUT2D eigenvalue weighted by Crippen LogP contribution is 2.42. The molecule has 4 heteroatoms. The molecule has 2 aromatic carbocycles. The Hall–Kier alpha value is -3.14. The van der Waals surface area contributed by atoms with E-state index in [0.717, 1.165) is 37.1 Å². The predicted molar refractivity (Wildman–Crippen MR) is 119 cm³/mol. The first kappa shape index (κ1) is 19.2. The highest BCUT2D eigenvalue weighted by atomic mass is 16.1. The molecule has 4 rings (SSSR count). The lowest BCUT2D eigenvalue weighted by atomic mass is 9.91. The van der Waals surface area contributed by atoms with Crippen molar-refractivity contribution in [2.24, 2.45) is 11.7 Å². The zero-order chi connectivity index (χ0) is 20.4. The number of pyridine rings is 1. The van der Waals surface area contributed by atoms with Crippen molar-refractivity contribution in [3.05, 3.63) is 72.1 Å². The molecule has 1 aromatic heterocycles. The van der Waals surface area contributed by atoms with Gasteiger partial charge in [-0.1, -0.05) is 48.5 Å². The smallest absolute Gasteiger partial charge is 0.220 e. The minimum Gasteiger partial charge on any atom is -0.370 e. The fourth-order valence-electron chi connectivity index (χ4n) is 4.33. The minimum atomic E-state index is -0.183. The number of anilines is 1. The maximum absolute atomic E-state index is 11.7. The molecular weight excluding hydrogens is 358 g/mol. The number of piperidine rings is 1. The number of primary amides is 1. The third-order valence-electron chi connectivity index (χ3n) is 6.00. The molecule has 0 radical (unpaired) electrons. The summed E-state index contributed by atoms with van der Waals surface area (Å²) in [6.07, 6.45) is 5.52. The van der Waals surface area contributed by atoms with E-state index in [2.05, 4.69) is 72.3 Å². The lowest BCUT2D eigenvalue weighted by Crippen LogP contribution is -2.39. The van der Waals surface area contributed by atoms with Crippen LogP contribution in [0.1, 0.15) is 24.0 Å². The maximum Gasteiger partial charge on any atom is 0.220 e. The first-order valence-corrected chi connectivity index (χ1v) is 10.2. The van der Waals surface area contributed by atoms with E-state index in [0.29, 0.717) is 0 Å². The van der Waals surface area contributed by atoms with E-state index in [-0.39, 0.29) is 11.8 Å². The van der Waals surface area contributed by atoms with Gasteiger partial charge in [-0.3, -0.25) is 9.78 Å². The van der Waals surface area contributed by atoms with Crippen molar-refractivity contribution in [3.63, 3.8) is 0 Å². The van der Waals surface area contributed by atoms with Crippen LogP contribution in [0, 0.1) is 19.8 Å². The Morgan fingerprint density at radius 2 is 1.34 bits per heavy atom. The van der Waals surface area contributed by atoms with E-state index < -0.39 is 0 Å². The van der Waals surface area contributed by atoms with Crippen LogP contribution in [0.25, 0.3) is 22.3 Å². The first-order valence-electron chi connectivity index (χ1n) is 10.2. The van der Waals surface area contributed by atoms with Gasteiger partial charge in [0.05, 0.1) is 5.69 Å². The lowest BCUT2D eigenvalue weighted by molar-refractivity contribution is -0.122. The number of nitrogens with two attached hydrogens (primary N) is 1. The molecule has 2 N–H and O–H groups in total. The molecular formula is C25H27N3O. The molecule has 1 amide bonds. The summed E-state index contributed by atoms with van der Waals surface area (Å²) in [7, 11) is 0. The maximum atomic E-state index is 11.7. The van der Waals surface area contributed by atoms with Crippen LogP contribution in [-0.2, 0) is 4.79 Å². The Balaban J connectivity index is 1.87. The second-order valence-corrected chi connectivity index (χ2v) is 7.88. The SMILES string of the molecule is Cc1ccccc1-c1cncc(-c2ccccc2C)c1N1CCC(C(N)=O)CC1. The number of nitrogens with zero attached hydrogens (tertiary/aromatic N) is 2. The van der Waals surface area contributed by atoms with Gasteiger partial charge in [0.1, 0.15) is 0 Å². The minimum absolute atomic E-state index is 0.0306. The molecule has 0 unspecified atom stereocenters. The molecule has 1 saturated heterocycles. The number of benzene rings is 2. The zero-order valence-corrected chi connectivity index (χ0v) is 17.1. The number of aromatic nitrogens is 1. The summed E-state index contributed by atoms with van der Waals surface area (Å²) in [6.45, 7) is 5.91. The molecule has 0 saturated carbocycles. The summed E-state index contributed by atoms with van der Waals surface area (Å²) in [5, 5.41) is 0. The molecule has 29 heavy (non-hydrogen) atoms. The number of hydrogen-bond acceptors (Lipinski definition) is 3. The van der Waals surface area contributed by atoms with Crippen LogP contribution in [0.5, 0.6) is 0 Å². The van der Waals surface area contributed by atoms with Gasteiger partial charge in [-0.15, -0.1) is 0 Å². The summed E-state index contributed by atoms with van der Waals surface area (Å²) < 4.78 is 0. The van der Waals surface area contributed by atoms with E-state index in [1.54, 1.807) is 0 Å². The molecule has 0 atom stereocenters. The van der Waals surface area contributed by atoms with Gasteiger partial charge in [0.2, 0.25) is 5.91 Å².